The Kier molecular flexibility index (Phi) is 5.49. The van der Waals surface area contributed by atoms with Crippen LogP contribution in [0.3, 0.4) is 0 Å². The van der Waals surface area contributed by atoms with E-state index in [9.17, 15) is 0 Å². The summed E-state index contributed by atoms with van der Waals surface area (Å²) in [5.41, 5.74) is -0.204. The Labute approximate surface area is 158 Å². The zero-order valence-electron chi connectivity index (χ0n) is 15.6. The van der Waals surface area contributed by atoms with Crippen LogP contribution in [0.1, 0.15) is 34.6 Å². The van der Waals surface area contributed by atoms with Gasteiger partial charge < -0.3 is 4.74 Å². The van der Waals surface area contributed by atoms with Gasteiger partial charge in [-0.1, -0.05) is 36.0 Å². The lowest BCUT2D eigenvalue weighted by Gasteiger charge is -2.30. The Hall–Kier alpha value is -1.39. The van der Waals surface area contributed by atoms with Gasteiger partial charge in [0.05, 0.1) is 27.3 Å². The number of aliphatic imine (C=N–C) groups is 1. The van der Waals surface area contributed by atoms with Gasteiger partial charge in [-0.2, -0.15) is 0 Å². The van der Waals surface area contributed by atoms with Crippen molar-refractivity contribution < 1.29 is 4.74 Å². The summed E-state index contributed by atoms with van der Waals surface area (Å²) >= 11 is 1.88. The van der Waals surface area contributed by atoms with Gasteiger partial charge >= 0.3 is 0 Å². The van der Waals surface area contributed by atoms with Crippen molar-refractivity contribution in [3.63, 3.8) is 0 Å². The second kappa shape index (κ2) is 7.46. The fourth-order valence-electron chi connectivity index (χ4n) is 3.08. The molecule has 1 aliphatic heterocycles. The van der Waals surface area contributed by atoms with Gasteiger partial charge in [-0.05, 0) is 52.0 Å². The second-order valence-electron chi connectivity index (χ2n) is 6.69. The number of fused-ring (bicyclic) bond motifs is 2. The van der Waals surface area contributed by atoms with Crippen molar-refractivity contribution in [3.05, 3.63) is 48.5 Å². The average Bonchev–Trinajstić information content (AvgIpc) is 2.58. The predicted molar refractivity (Wildman–Crippen MR) is 109 cm³/mol. The molecule has 0 unspecified atom stereocenters. The van der Waals surface area contributed by atoms with E-state index in [2.05, 4.69) is 69.3 Å². The van der Waals surface area contributed by atoms with Crippen molar-refractivity contribution in [1.82, 2.24) is 0 Å². The monoisotopic (exact) mass is 372 g/mol. The topological polar surface area (TPSA) is 21.6 Å². The standard InChI is InChI=1S/C21H26NOS2/c1-6-23-16(3)22-21(4,5)15(2)25-19-13-9-7-11-17(19)24-18-12-8-10-14-20(18)25/h7-15H,6H2,1-5H3/q+1/t15-/m0/s1. The van der Waals surface area contributed by atoms with Crippen LogP contribution < -0.4 is 0 Å². The maximum atomic E-state index is 5.60. The maximum absolute atomic E-state index is 5.60. The summed E-state index contributed by atoms with van der Waals surface area (Å²) in [6.45, 7) is 11.4. The van der Waals surface area contributed by atoms with Crippen molar-refractivity contribution >= 4 is 28.6 Å². The van der Waals surface area contributed by atoms with E-state index < -0.39 is 0 Å². The first-order valence-corrected chi connectivity index (χ1v) is 10.8. The van der Waals surface area contributed by atoms with Crippen LogP contribution in [0.2, 0.25) is 0 Å². The number of rotatable bonds is 4. The van der Waals surface area contributed by atoms with E-state index >= 15 is 0 Å². The first-order chi connectivity index (χ1) is 11.9. The van der Waals surface area contributed by atoms with Crippen LogP contribution in [-0.2, 0) is 15.6 Å². The Bertz CT molecular complexity index is 739. The summed E-state index contributed by atoms with van der Waals surface area (Å²) in [6, 6.07) is 17.6. The van der Waals surface area contributed by atoms with Crippen molar-refractivity contribution in [3.8, 4) is 0 Å². The van der Waals surface area contributed by atoms with Gasteiger partial charge in [0, 0.05) is 6.92 Å². The molecular weight excluding hydrogens is 346 g/mol. The smallest absolute Gasteiger partial charge is 0.180 e. The van der Waals surface area contributed by atoms with Crippen molar-refractivity contribution in [2.75, 3.05) is 6.61 Å². The van der Waals surface area contributed by atoms with Crippen LogP contribution >= 0.6 is 11.8 Å². The first kappa shape index (κ1) is 18.4. The molecule has 132 valence electrons. The Balaban J connectivity index is 2.05. The fraction of sp³-hybridized carbons (Fsp3) is 0.381. The molecule has 0 spiro atoms. The number of benzene rings is 2. The van der Waals surface area contributed by atoms with E-state index in [0.717, 1.165) is 5.90 Å². The molecule has 1 aliphatic rings. The zero-order chi connectivity index (χ0) is 18.0. The first-order valence-electron chi connectivity index (χ1n) is 8.72. The number of nitrogens with zero attached hydrogens (tertiary/aromatic N) is 1. The third-order valence-corrected chi connectivity index (χ3v) is 8.89. The molecule has 25 heavy (non-hydrogen) atoms. The molecule has 1 heterocycles. The minimum atomic E-state index is -0.204. The minimum Gasteiger partial charge on any atom is -0.481 e. The fourth-order valence-corrected chi connectivity index (χ4v) is 7.38. The zero-order valence-corrected chi connectivity index (χ0v) is 17.2. The van der Waals surface area contributed by atoms with Gasteiger partial charge in [0.1, 0.15) is 5.54 Å². The second-order valence-corrected chi connectivity index (χ2v) is 10.0. The van der Waals surface area contributed by atoms with Crippen LogP contribution in [0.15, 0.2) is 73.1 Å². The lowest BCUT2D eigenvalue weighted by atomic mass is 10.0. The highest BCUT2D eigenvalue weighted by molar-refractivity contribution is 8.04. The molecule has 0 bridgehead atoms. The van der Waals surface area contributed by atoms with Gasteiger partial charge in [0.25, 0.3) is 0 Å². The molecule has 0 aromatic heterocycles. The number of hydrogen-bond donors (Lipinski definition) is 0. The predicted octanol–water partition coefficient (Wildman–Crippen LogP) is 5.81. The van der Waals surface area contributed by atoms with E-state index in [1.807, 2.05) is 25.6 Å². The van der Waals surface area contributed by atoms with E-state index in [0.29, 0.717) is 11.9 Å². The number of hydrogen-bond acceptors (Lipinski definition) is 3. The molecule has 0 fully saturated rings. The Morgan fingerprint density at radius 3 is 2.12 bits per heavy atom. The molecule has 4 heteroatoms. The van der Waals surface area contributed by atoms with E-state index in [1.54, 1.807) is 0 Å². The van der Waals surface area contributed by atoms with Crippen LogP contribution in [0.4, 0.5) is 0 Å². The molecule has 1 atom stereocenters. The lowest BCUT2D eigenvalue weighted by Crippen LogP contribution is -2.40. The van der Waals surface area contributed by atoms with Crippen LogP contribution in [-0.4, -0.2) is 23.3 Å². The molecule has 3 rings (SSSR count). The summed E-state index contributed by atoms with van der Waals surface area (Å²) in [7, 11) is -0.0126. The molecular formula is C21H26NOS2+. The quantitative estimate of drug-likeness (QED) is 0.384. The lowest BCUT2D eigenvalue weighted by molar-refractivity contribution is 0.315. The van der Waals surface area contributed by atoms with Gasteiger partial charge in [0.2, 0.25) is 0 Å². The molecule has 0 aliphatic carbocycles. The van der Waals surface area contributed by atoms with E-state index in [4.69, 9.17) is 9.73 Å². The Morgan fingerprint density at radius 2 is 1.60 bits per heavy atom. The molecule has 0 radical (unpaired) electrons. The van der Waals surface area contributed by atoms with Crippen LogP contribution in [0, 0.1) is 0 Å². The minimum absolute atomic E-state index is 0.0126. The van der Waals surface area contributed by atoms with Crippen LogP contribution in [0.5, 0.6) is 0 Å². The van der Waals surface area contributed by atoms with Gasteiger partial charge in [0.15, 0.2) is 20.9 Å². The molecule has 2 aromatic carbocycles. The van der Waals surface area contributed by atoms with Gasteiger partial charge in [-0.25, -0.2) is 4.99 Å². The number of ether oxygens (including phenoxy) is 1. The van der Waals surface area contributed by atoms with Crippen molar-refractivity contribution in [2.24, 2.45) is 4.99 Å². The summed E-state index contributed by atoms with van der Waals surface area (Å²) < 4.78 is 5.60. The summed E-state index contributed by atoms with van der Waals surface area (Å²) in [6.07, 6.45) is 0. The molecule has 2 nitrogen and oxygen atoms in total. The molecule has 0 N–H and O–H groups in total. The van der Waals surface area contributed by atoms with Gasteiger partial charge in [-0.3, -0.25) is 0 Å². The molecule has 2 aromatic rings. The SMILES string of the molecule is CCOC(C)=NC(C)(C)[C@H](C)[S+]1c2ccccc2Sc2ccccc21. The van der Waals surface area contributed by atoms with Gasteiger partial charge in [-0.15, -0.1) is 0 Å². The van der Waals surface area contributed by atoms with Crippen LogP contribution in [0.25, 0.3) is 0 Å². The summed E-state index contributed by atoms with van der Waals surface area (Å²) in [5, 5.41) is 0.367. The van der Waals surface area contributed by atoms with Crippen molar-refractivity contribution in [2.45, 2.75) is 65.0 Å². The summed E-state index contributed by atoms with van der Waals surface area (Å²) in [4.78, 5) is 10.5. The normalized spacial score (nSPS) is 16.1. The maximum Gasteiger partial charge on any atom is 0.180 e. The third kappa shape index (κ3) is 3.75. The third-order valence-electron chi connectivity index (χ3n) is 4.54. The molecule has 0 saturated heterocycles. The Morgan fingerprint density at radius 1 is 1.08 bits per heavy atom. The highest BCUT2D eigenvalue weighted by Crippen LogP contribution is 2.48. The van der Waals surface area contributed by atoms with E-state index in [1.165, 1.54) is 19.6 Å². The summed E-state index contributed by atoms with van der Waals surface area (Å²) in [5.74, 6) is 0.774. The molecule has 0 saturated carbocycles. The molecule has 0 amide bonds. The largest absolute Gasteiger partial charge is 0.481 e. The van der Waals surface area contributed by atoms with Crippen molar-refractivity contribution in [1.29, 1.82) is 0 Å². The highest BCUT2D eigenvalue weighted by atomic mass is 32.2. The van der Waals surface area contributed by atoms with E-state index in [-0.39, 0.29) is 16.4 Å². The highest BCUT2D eigenvalue weighted by Gasteiger charge is 2.47. The average molecular weight is 373 g/mol.